The summed E-state index contributed by atoms with van der Waals surface area (Å²) in [6.45, 7) is 0. The molecule has 0 amide bonds. The van der Waals surface area contributed by atoms with Crippen molar-refractivity contribution in [1.29, 1.82) is 0 Å². The molecule has 11 heteroatoms. The first-order valence-corrected chi connectivity index (χ1v) is 5.39. The lowest BCUT2D eigenvalue weighted by Gasteiger charge is -2.11. The number of carbonyl (C=O) groups is 1. The Hall–Kier alpha value is -2.40. The summed E-state index contributed by atoms with van der Waals surface area (Å²) in [5.74, 6) is -7.42. The van der Waals surface area contributed by atoms with E-state index in [9.17, 15) is 33.6 Å². The van der Waals surface area contributed by atoms with Crippen LogP contribution in [0.5, 0.6) is 28.7 Å². The molecule has 1 rings (SSSR count). The van der Waals surface area contributed by atoms with Crippen LogP contribution in [0.25, 0.3) is 0 Å². The average Bonchev–Trinajstić information content (AvgIpc) is 2.19. The van der Waals surface area contributed by atoms with E-state index in [2.05, 4.69) is 4.74 Å². The van der Waals surface area contributed by atoms with Crippen LogP contribution in [-0.2, 0) is 10.1 Å². The highest BCUT2D eigenvalue weighted by Gasteiger charge is 2.32. The zero-order chi connectivity index (χ0) is 14.2. The van der Waals surface area contributed by atoms with E-state index < -0.39 is 49.9 Å². The minimum Gasteiger partial charge on any atom is -0.503 e. The van der Waals surface area contributed by atoms with Crippen LogP contribution >= 0.6 is 0 Å². The Kier molecular flexibility index (Phi) is 3.13. The molecule has 0 atom stereocenters. The highest BCUT2D eigenvalue weighted by atomic mass is 32.2. The molecule has 0 aliphatic carbocycles. The molecule has 0 aliphatic heterocycles. The number of carboxylic acid groups (broad SMARTS) is 1. The Morgan fingerprint density at radius 3 is 1.61 bits per heavy atom. The molecule has 1 aromatic rings. The minimum absolute atomic E-state index is 1.29. The molecule has 1 aromatic carbocycles. The fourth-order valence-electron chi connectivity index (χ4n) is 1.08. The van der Waals surface area contributed by atoms with Gasteiger partial charge in [-0.25, -0.2) is 4.79 Å². The van der Waals surface area contributed by atoms with Crippen molar-refractivity contribution < 1.29 is 48.0 Å². The standard InChI is InChI=1S/C7H6O10S/c8-1-3(10)6(18(14,15)16)4(11)2(9)5(1)17-7(12)13/h8-11H,(H,12,13)(H,14,15,16). The van der Waals surface area contributed by atoms with Crippen LogP contribution < -0.4 is 4.74 Å². The molecule has 0 aromatic heterocycles. The van der Waals surface area contributed by atoms with Crippen molar-refractivity contribution >= 4 is 16.3 Å². The van der Waals surface area contributed by atoms with E-state index in [4.69, 9.17) is 9.66 Å². The van der Waals surface area contributed by atoms with Crippen LogP contribution in [-0.4, -0.2) is 44.7 Å². The quantitative estimate of drug-likeness (QED) is 0.140. The number of benzene rings is 1. The number of phenolic OH excluding ortho intramolecular Hbond substituents is 4. The van der Waals surface area contributed by atoms with E-state index in [0.29, 0.717) is 0 Å². The van der Waals surface area contributed by atoms with Gasteiger partial charge in [-0.3, -0.25) is 4.55 Å². The van der Waals surface area contributed by atoms with Crippen molar-refractivity contribution in [3.8, 4) is 28.7 Å². The molecule has 0 saturated carbocycles. The molecule has 0 fully saturated rings. The largest absolute Gasteiger partial charge is 0.511 e. The zero-order valence-electron chi connectivity index (χ0n) is 8.22. The fraction of sp³-hybridized carbons (Fsp3) is 0. The molecule has 0 spiro atoms. The molecule has 0 heterocycles. The number of ether oxygens (including phenoxy) is 1. The molecule has 0 radical (unpaired) electrons. The lowest BCUT2D eigenvalue weighted by atomic mass is 10.2. The van der Waals surface area contributed by atoms with Crippen molar-refractivity contribution in [3.63, 3.8) is 0 Å². The predicted molar refractivity (Wildman–Crippen MR) is 51.6 cm³/mol. The maximum absolute atomic E-state index is 10.8. The van der Waals surface area contributed by atoms with E-state index in [1.807, 2.05) is 0 Å². The second kappa shape index (κ2) is 4.12. The van der Waals surface area contributed by atoms with Crippen LogP contribution in [0.4, 0.5) is 4.79 Å². The number of aromatic hydroxyl groups is 4. The minimum atomic E-state index is -5.18. The van der Waals surface area contributed by atoms with Gasteiger partial charge < -0.3 is 30.3 Å². The average molecular weight is 282 g/mol. The van der Waals surface area contributed by atoms with Crippen molar-refractivity contribution in [3.05, 3.63) is 0 Å². The van der Waals surface area contributed by atoms with Crippen molar-refractivity contribution in [2.45, 2.75) is 4.90 Å². The summed E-state index contributed by atoms with van der Waals surface area (Å²) in [6.07, 6.45) is -2.01. The van der Waals surface area contributed by atoms with Crippen molar-refractivity contribution in [2.75, 3.05) is 0 Å². The molecule has 0 bridgehead atoms. The summed E-state index contributed by atoms with van der Waals surface area (Å²) >= 11 is 0. The van der Waals surface area contributed by atoms with Gasteiger partial charge in [0.15, 0.2) is 16.4 Å². The first-order valence-electron chi connectivity index (χ1n) is 3.95. The van der Waals surface area contributed by atoms with Gasteiger partial charge >= 0.3 is 16.3 Å². The van der Waals surface area contributed by atoms with Gasteiger partial charge in [0, 0.05) is 0 Å². The van der Waals surface area contributed by atoms with E-state index >= 15 is 0 Å². The van der Waals surface area contributed by atoms with Gasteiger partial charge in [-0.2, -0.15) is 8.42 Å². The lowest BCUT2D eigenvalue weighted by Crippen LogP contribution is -2.05. The molecule has 10 nitrogen and oxygen atoms in total. The van der Waals surface area contributed by atoms with E-state index in [1.54, 1.807) is 0 Å². The molecular weight excluding hydrogens is 276 g/mol. The third-order valence-corrected chi connectivity index (χ3v) is 2.66. The highest BCUT2D eigenvalue weighted by molar-refractivity contribution is 7.86. The summed E-state index contributed by atoms with van der Waals surface area (Å²) in [5, 5.41) is 45.1. The van der Waals surface area contributed by atoms with Gasteiger partial charge in [0.1, 0.15) is 0 Å². The molecule has 18 heavy (non-hydrogen) atoms. The summed E-state index contributed by atoms with van der Waals surface area (Å²) < 4.78 is 34.0. The zero-order valence-corrected chi connectivity index (χ0v) is 9.04. The molecule has 0 saturated heterocycles. The van der Waals surface area contributed by atoms with Crippen LogP contribution in [0.15, 0.2) is 4.90 Å². The third-order valence-electron chi connectivity index (χ3n) is 1.76. The number of phenols is 4. The van der Waals surface area contributed by atoms with E-state index in [1.165, 1.54) is 0 Å². The topological polar surface area (TPSA) is 182 Å². The smallest absolute Gasteiger partial charge is 0.503 e. The van der Waals surface area contributed by atoms with Crippen molar-refractivity contribution in [1.82, 2.24) is 0 Å². The maximum atomic E-state index is 10.8. The van der Waals surface area contributed by atoms with Crippen molar-refractivity contribution in [2.24, 2.45) is 0 Å². The second-order valence-electron chi connectivity index (χ2n) is 2.90. The molecular formula is C7H6O10S. The van der Waals surface area contributed by atoms with E-state index in [-0.39, 0.29) is 0 Å². The monoisotopic (exact) mass is 282 g/mol. The van der Waals surface area contributed by atoms with Crippen LogP contribution in [0.1, 0.15) is 0 Å². The normalized spacial score (nSPS) is 11.2. The number of hydrogen-bond donors (Lipinski definition) is 6. The van der Waals surface area contributed by atoms with Gasteiger partial charge in [0.2, 0.25) is 17.2 Å². The van der Waals surface area contributed by atoms with Gasteiger partial charge in [0.25, 0.3) is 0 Å². The Bertz CT molecular complexity index is 587. The molecule has 0 unspecified atom stereocenters. The molecule has 6 N–H and O–H groups in total. The summed E-state index contributed by atoms with van der Waals surface area (Å²) in [4.78, 5) is 8.61. The Morgan fingerprint density at radius 1 is 0.944 bits per heavy atom. The van der Waals surface area contributed by atoms with Crippen LogP contribution in [0.3, 0.4) is 0 Å². The van der Waals surface area contributed by atoms with Gasteiger partial charge in [-0.05, 0) is 0 Å². The highest BCUT2D eigenvalue weighted by Crippen LogP contribution is 2.53. The van der Waals surface area contributed by atoms with Gasteiger partial charge in [-0.15, -0.1) is 0 Å². The number of hydrogen-bond acceptors (Lipinski definition) is 8. The first-order chi connectivity index (χ1) is 8.07. The SMILES string of the molecule is O=C(O)Oc1c(O)c(O)c(S(=O)(=O)O)c(O)c1O. The first kappa shape index (κ1) is 13.7. The number of rotatable bonds is 2. The maximum Gasteiger partial charge on any atom is 0.511 e. The van der Waals surface area contributed by atoms with Crippen LogP contribution in [0.2, 0.25) is 0 Å². The molecule has 100 valence electrons. The third kappa shape index (κ3) is 2.16. The predicted octanol–water partition coefficient (Wildman–Crippen LogP) is -0.188. The van der Waals surface area contributed by atoms with E-state index in [0.717, 1.165) is 0 Å². The lowest BCUT2D eigenvalue weighted by molar-refractivity contribution is 0.140. The summed E-state index contributed by atoms with van der Waals surface area (Å²) in [5.41, 5.74) is 0. The van der Waals surface area contributed by atoms with Crippen LogP contribution in [0, 0.1) is 0 Å². The van der Waals surface area contributed by atoms with Gasteiger partial charge in [0.05, 0.1) is 0 Å². The Balaban J connectivity index is 3.72. The van der Waals surface area contributed by atoms with Gasteiger partial charge in [-0.1, -0.05) is 0 Å². The Labute approximate surface area is 98.7 Å². The fourth-order valence-corrected chi connectivity index (χ4v) is 1.76. The Morgan fingerprint density at radius 2 is 1.33 bits per heavy atom. The second-order valence-corrected chi connectivity index (χ2v) is 4.25. The molecule has 0 aliphatic rings. The summed E-state index contributed by atoms with van der Waals surface area (Å²) in [7, 11) is -5.18. The summed E-state index contributed by atoms with van der Waals surface area (Å²) in [6, 6.07) is 0.